The SMILES string of the molecule is Cc1cc(N)ccc1NC(=O)c1cnccn1. The molecular formula is C12H12N4O. The number of aryl methyl sites for hydroxylation is 1. The van der Waals surface area contributed by atoms with Crippen LogP contribution in [0.2, 0.25) is 0 Å². The van der Waals surface area contributed by atoms with Gasteiger partial charge >= 0.3 is 0 Å². The van der Waals surface area contributed by atoms with Crippen LogP contribution in [-0.4, -0.2) is 15.9 Å². The number of aromatic nitrogens is 2. The third kappa shape index (κ3) is 2.57. The molecule has 0 aliphatic heterocycles. The van der Waals surface area contributed by atoms with Gasteiger partial charge in [-0.1, -0.05) is 0 Å². The lowest BCUT2D eigenvalue weighted by atomic mass is 10.2. The molecule has 2 rings (SSSR count). The third-order valence-corrected chi connectivity index (χ3v) is 2.29. The third-order valence-electron chi connectivity index (χ3n) is 2.29. The van der Waals surface area contributed by atoms with Crippen LogP contribution in [0.5, 0.6) is 0 Å². The van der Waals surface area contributed by atoms with Gasteiger partial charge < -0.3 is 11.1 Å². The second-order valence-electron chi connectivity index (χ2n) is 3.62. The van der Waals surface area contributed by atoms with Crippen LogP contribution in [0.25, 0.3) is 0 Å². The van der Waals surface area contributed by atoms with Crippen molar-refractivity contribution in [3.63, 3.8) is 0 Å². The van der Waals surface area contributed by atoms with Crippen molar-refractivity contribution >= 4 is 17.3 Å². The van der Waals surface area contributed by atoms with Crippen molar-refractivity contribution in [2.24, 2.45) is 0 Å². The number of amides is 1. The second-order valence-corrected chi connectivity index (χ2v) is 3.62. The first kappa shape index (κ1) is 11.1. The Balaban J connectivity index is 2.19. The van der Waals surface area contributed by atoms with E-state index in [-0.39, 0.29) is 11.6 Å². The average Bonchev–Trinajstić information content (AvgIpc) is 2.34. The first-order valence-corrected chi connectivity index (χ1v) is 5.10. The highest BCUT2D eigenvalue weighted by Crippen LogP contribution is 2.17. The van der Waals surface area contributed by atoms with Gasteiger partial charge in [-0.2, -0.15) is 0 Å². The fourth-order valence-corrected chi connectivity index (χ4v) is 1.43. The molecule has 5 nitrogen and oxygen atoms in total. The van der Waals surface area contributed by atoms with Gasteiger partial charge in [-0.05, 0) is 30.7 Å². The molecule has 1 aromatic carbocycles. The number of hydrogen-bond acceptors (Lipinski definition) is 4. The fourth-order valence-electron chi connectivity index (χ4n) is 1.43. The van der Waals surface area contributed by atoms with Gasteiger partial charge in [0.15, 0.2) is 0 Å². The lowest BCUT2D eigenvalue weighted by Gasteiger charge is -2.08. The van der Waals surface area contributed by atoms with E-state index in [9.17, 15) is 4.79 Å². The van der Waals surface area contributed by atoms with E-state index in [0.29, 0.717) is 5.69 Å². The van der Waals surface area contributed by atoms with Gasteiger partial charge in [0.25, 0.3) is 5.91 Å². The van der Waals surface area contributed by atoms with Gasteiger partial charge in [0.2, 0.25) is 0 Å². The molecule has 2 aromatic rings. The summed E-state index contributed by atoms with van der Waals surface area (Å²) in [5.41, 5.74) is 8.20. The van der Waals surface area contributed by atoms with Crippen molar-refractivity contribution in [2.75, 3.05) is 11.1 Å². The zero-order valence-electron chi connectivity index (χ0n) is 9.34. The van der Waals surface area contributed by atoms with E-state index in [1.54, 1.807) is 18.2 Å². The molecule has 86 valence electrons. The Morgan fingerprint density at radius 1 is 1.35 bits per heavy atom. The van der Waals surface area contributed by atoms with E-state index in [2.05, 4.69) is 15.3 Å². The van der Waals surface area contributed by atoms with Crippen molar-refractivity contribution in [1.29, 1.82) is 0 Å². The molecule has 1 heterocycles. The Labute approximate surface area is 98.7 Å². The van der Waals surface area contributed by atoms with Crippen molar-refractivity contribution in [3.8, 4) is 0 Å². The lowest BCUT2D eigenvalue weighted by Crippen LogP contribution is -2.14. The molecule has 0 fully saturated rings. The molecule has 17 heavy (non-hydrogen) atoms. The topological polar surface area (TPSA) is 80.9 Å². The van der Waals surface area contributed by atoms with E-state index in [1.165, 1.54) is 18.6 Å². The number of nitrogens with one attached hydrogen (secondary N) is 1. The number of carbonyl (C=O) groups excluding carboxylic acids is 1. The summed E-state index contributed by atoms with van der Waals surface area (Å²) in [6.07, 6.45) is 4.41. The van der Waals surface area contributed by atoms with Gasteiger partial charge in [-0.25, -0.2) is 4.98 Å². The first-order chi connectivity index (χ1) is 8.16. The number of nitrogen functional groups attached to an aromatic ring is 1. The Morgan fingerprint density at radius 2 is 2.18 bits per heavy atom. The summed E-state index contributed by atoms with van der Waals surface area (Å²) in [5, 5.41) is 2.76. The number of carbonyl (C=O) groups is 1. The van der Waals surface area contributed by atoms with Crippen LogP contribution in [0.1, 0.15) is 16.1 Å². The van der Waals surface area contributed by atoms with Crippen molar-refractivity contribution in [3.05, 3.63) is 48.0 Å². The Kier molecular flexibility index (Phi) is 3.00. The molecule has 0 saturated carbocycles. The Bertz CT molecular complexity index is 539. The van der Waals surface area contributed by atoms with Gasteiger partial charge in [-0.3, -0.25) is 9.78 Å². The summed E-state index contributed by atoms with van der Waals surface area (Å²) in [6, 6.07) is 5.30. The van der Waals surface area contributed by atoms with E-state index < -0.39 is 0 Å². The lowest BCUT2D eigenvalue weighted by molar-refractivity contribution is 0.102. The summed E-state index contributed by atoms with van der Waals surface area (Å²) in [6.45, 7) is 1.88. The maximum absolute atomic E-state index is 11.8. The summed E-state index contributed by atoms with van der Waals surface area (Å²) in [7, 11) is 0. The van der Waals surface area contributed by atoms with E-state index in [4.69, 9.17) is 5.73 Å². The smallest absolute Gasteiger partial charge is 0.275 e. The van der Waals surface area contributed by atoms with Crippen LogP contribution < -0.4 is 11.1 Å². The number of rotatable bonds is 2. The molecule has 0 atom stereocenters. The normalized spacial score (nSPS) is 9.94. The van der Waals surface area contributed by atoms with E-state index in [1.807, 2.05) is 6.92 Å². The van der Waals surface area contributed by atoms with Gasteiger partial charge in [0.1, 0.15) is 5.69 Å². The van der Waals surface area contributed by atoms with Crippen molar-refractivity contribution in [2.45, 2.75) is 6.92 Å². The van der Waals surface area contributed by atoms with Gasteiger partial charge in [0.05, 0.1) is 6.20 Å². The second kappa shape index (κ2) is 4.61. The first-order valence-electron chi connectivity index (χ1n) is 5.10. The summed E-state index contributed by atoms with van der Waals surface area (Å²) < 4.78 is 0. The molecule has 0 saturated heterocycles. The average molecular weight is 228 g/mol. The predicted octanol–water partition coefficient (Wildman–Crippen LogP) is 1.62. The van der Waals surface area contributed by atoms with Crippen LogP contribution in [-0.2, 0) is 0 Å². The summed E-state index contributed by atoms with van der Waals surface area (Å²) >= 11 is 0. The van der Waals surface area contributed by atoms with E-state index in [0.717, 1.165) is 11.3 Å². The Morgan fingerprint density at radius 3 is 2.82 bits per heavy atom. The maximum Gasteiger partial charge on any atom is 0.275 e. The Hall–Kier alpha value is -2.43. The molecule has 0 aliphatic carbocycles. The molecule has 0 bridgehead atoms. The molecule has 0 spiro atoms. The van der Waals surface area contributed by atoms with Crippen LogP contribution in [0.4, 0.5) is 11.4 Å². The molecule has 1 amide bonds. The number of benzene rings is 1. The standard InChI is InChI=1S/C12H12N4O/c1-8-6-9(13)2-3-10(8)16-12(17)11-7-14-4-5-15-11/h2-7H,13H2,1H3,(H,16,17). The molecule has 0 radical (unpaired) electrons. The zero-order chi connectivity index (χ0) is 12.3. The van der Waals surface area contributed by atoms with Crippen LogP contribution in [0.3, 0.4) is 0 Å². The van der Waals surface area contributed by atoms with E-state index >= 15 is 0 Å². The highest BCUT2D eigenvalue weighted by molar-refractivity contribution is 6.03. The summed E-state index contributed by atoms with van der Waals surface area (Å²) in [5.74, 6) is -0.286. The maximum atomic E-state index is 11.8. The molecule has 0 aliphatic rings. The molecule has 5 heteroatoms. The number of nitrogens with zero attached hydrogens (tertiary/aromatic N) is 2. The molecular weight excluding hydrogens is 216 g/mol. The summed E-state index contributed by atoms with van der Waals surface area (Å²) in [4.78, 5) is 19.6. The number of anilines is 2. The quantitative estimate of drug-likeness (QED) is 0.765. The van der Waals surface area contributed by atoms with Crippen molar-refractivity contribution < 1.29 is 4.79 Å². The molecule has 0 unspecified atom stereocenters. The monoisotopic (exact) mass is 228 g/mol. The van der Waals surface area contributed by atoms with Gasteiger partial charge in [0, 0.05) is 23.8 Å². The molecule has 1 aromatic heterocycles. The van der Waals surface area contributed by atoms with Crippen molar-refractivity contribution in [1.82, 2.24) is 9.97 Å². The van der Waals surface area contributed by atoms with Crippen LogP contribution >= 0.6 is 0 Å². The van der Waals surface area contributed by atoms with Gasteiger partial charge in [-0.15, -0.1) is 0 Å². The predicted molar refractivity (Wildman–Crippen MR) is 65.6 cm³/mol. The van der Waals surface area contributed by atoms with Crippen LogP contribution in [0, 0.1) is 6.92 Å². The highest BCUT2D eigenvalue weighted by atomic mass is 16.1. The number of hydrogen-bond donors (Lipinski definition) is 2. The minimum Gasteiger partial charge on any atom is -0.399 e. The van der Waals surface area contributed by atoms with Crippen LogP contribution in [0.15, 0.2) is 36.8 Å². The zero-order valence-corrected chi connectivity index (χ0v) is 9.34. The minimum absolute atomic E-state index is 0.281. The number of nitrogens with two attached hydrogens (primary N) is 1. The largest absolute Gasteiger partial charge is 0.399 e. The highest BCUT2D eigenvalue weighted by Gasteiger charge is 2.08. The minimum atomic E-state index is -0.286. The fraction of sp³-hybridized carbons (Fsp3) is 0.0833. The molecule has 3 N–H and O–H groups in total.